The number of ether oxygens (including phenoxy) is 2. The molecule has 1 amide bonds. The van der Waals surface area contributed by atoms with Gasteiger partial charge in [-0.05, 0) is 44.6 Å². The Labute approximate surface area is 120 Å². The summed E-state index contributed by atoms with van der Waals surface area (Å²) in [5, 5.41) is 11.9. The molecule has 114 valence electrons. The monoisotopic (exact) mass is 283 g/mol. The Bertz CT molecular complexity index is 365. The van der Waals surface area contributed by atoms with Crippen molar-refractivity contribution in [2.45, 2.75) is 51.9 Å². The van der Waals surface area contributed by atoms with Gasteiger partial charge in [0.05, 0.1) is 0 Å². The Morgan fingerprint density at radius 2 is 2.30 bits per heavy atom. The molecular weight excluding hydrogens is 258 g/mol. The van der Waals surface area contributed by atoms with Crippen molar-refractivity contribution in [3.05, 3.63) is 11.8 Å². The van der Waals surface area contributed by atoms with Crippen LogP contribution < -0.4 is 5.32 Å². The summed E-state index contributed by atoms with van der Waals surface area (Å²) >= 11 is 0. The number of aliphatic hydroxyl groups excluding tert-OH is 1. The second kappa shape index (κ2) is 7.09. The van der Waals surface area contributed by atoms with E-state index in [4.69, 9.17) is 14.6 Å². The highest BCUT2D eigenvalue weighted by Crippen LogP contribution is 2.32. The average molecular weight is 283 g/mol. The van der Waals surface area contributed by atoms with Crippen LogP contribution >= 0.6 is 0 Å². The number of rotatable bonds is 7. The number of hydrogen-bond donors (Lipinski definition) is 2. The molecule has 1 fully saturated rings. The van der Waals surface area contributed by atoms with E-state index in [9.17, 15) is 4.79 Å². The maximum Gasteiger partial charge on any atom is 0.286 e. The van der Waals surface area contributed by atoms with Crippen LogP contribution in [0.3, 0.4) is 0 Å². The summed E-state index contributed by atoms with van der Waals surface area (Å²) in [6.45, 7) is 4.70. The first kappa shape index (κ1) is 15.3. The van der Waals surface area contributed by atoms with Gasteiger partial charge in [0.2, 0.25) is 6.29 Å². The number of nitrogens with one attached hydrogen (secondary N) is 1. The molecule has 2 aliphatic rings. The third-order valence-electron chi connectivity index (χ3n) is 3.85. The van der Waals surface area contributed by atoms with Crippen LogP contribution in [-0.4, -0.2) is 36.6 Å². The zero-order chi connectivity index (χ0) is 14.5. The van der Waals surface area contributed by atoms with E-state index in [2.05, 4.69) is 12.2 Å². The van der Waals surface area contributed by atoms with Crippen LogP contribution in [0, 0.1) is 11.8 Å². The predicted octanol–water partition coefficient (Wildman–Crippen LogP) is 1.57. The van der Waals surface area contributed by atoms with Crippen molar-refractivity contribution in [3.8, 4) is 0 Å². The molecule has 0 aromatic carbocycles. The summed E-state index contributed by atoms with van der Waals surface area (Å²) in [5.74, 6) is 0.624. The fraction of sp³-hybridized carbons (Fsp3) is 0.800. The lowest BCUT2D eigenvalue weighted by molar-refractivity contribution is -0.171. The molecule has 5 nitrogen and oxygen atoms in total. The molecule has 5 heteroatoms. The fourth-order valence-electron chi connectivity index (χ4n) is 2.52. The summed E-state index contributed by atoms with van der Waals surface area (Å²) in [5.41, 5.74) is 0. The van der Waals surface area contributed by atoms with Gasteiger partial charge in [-0.3, -0.25) is 4.79 Å². The van der Waals surface area contributed by atoms with E-state index in [1.165, 1.54) is 0 Å². The lowest BCUT2D eigenvalue weighted by atomic mass is 9.87. The highest BCUT2D eigenvalue weighted by Gasteiger charge is 2.35. The maximum atomic E-state index is 12.1. The molecule has 2 rings (SSSR count). The van der Waals surface area contributed by atoms with Crippen molar-refractivity contribution in [2.75, 3.05) is 13.2 Å². The van der Waals surface area contributed by atoms with Gasteiger partial charge in [0.25, 0.3) is 5.91 Å². The molecule has 0 bridgehead atoms. The minimum absolute atomic E-state index is 0.135. The molecule has 0 saturated heterocycles. The van der Waals surface area contributed by atoms with Crippen molar-refractivity contribution < 1.29 is 19.4 Å². The van der Waals surface area contributed by atoms with Gasteiger partial charge in [-0.1, -0.05) is 6.92 Å². The molecule has 3 atom stereocenters. The Kier molecular flexibility index (Phi) is 5.43. The van der Waals surface area contributed by atoms with Crippen LogP contribution in [0.5, 0.6) is 0 Å². The van der Waals surface area contributed by atoms with Crippen molar-refractivity contribution in [2.24, 2.45) is 11.8 Å². The highest BCUT2D eigenvalue weighted by atomic mass is 16.7. The molecule has 2 N–H and O–H groups in total. The number of carbonyl (C=O) groups excluding carboxylic acids is 1. The van der Waals surface area contributed by atoms with Crippen LogP contribution in [0.1, 0.15) is 39.5 Å². The van der Waals surface area contributed by atoms with Gasteiger partial charge in [0.15, 0.2) is 5.76 Å². The SMILES string of the molecule is CCO[C@H]1OC(C(=O)NC2CC2)=C[C@@H](C)[C@@H]1CCCO. The van der Waals surface area contributed by atoms with Crippen LogP contribution in [0.4, 0.5) is 0 Å². The van der Waals surface area contributed by atoms with Crippen LogP contribution in [0.15, 0.2) is 11.8 Å². The fourth-order valence-corrected chi connectivity index (χ4v) is 2.52. The third-order valence-corrected chi connectivity index (χ3v) is 3.85. The van der Waals surface area contributed by atoms with E-state index in [0.29, 0.717) is 18.4 Å². The standard InChI is InChI=1S/C15H25NO4/c1-3-19-15-12(5-4-8-17)10(2)9-13(20-15)14(18)16-11-6-7-11/h9-12,15,17H,3-8H2,1-2H3,(H,16,18)/t10-,12+,15+/m1/s1. The van der Waals surface area contributed by atoms with Gasteiger partial charge >= 0.3 is 0 Å². The first-order valence-corrected chi connectivity index (χ1v) is 7.57. The minimum Gasteiger partial charge on any atom is -0.459 e. The molecule has 0 radical (unpaired) electrons. The van der Waals surface area contributed by atoms with Gasteiger partial charge < -0.3 is 19.9 Å². The normalized spacial score (nSPS) is 29.6. The minimum atomic E-state index is -0.397. The zero-order valence-electron chi connectivity index (χ0n) is 12.3. The summed E-state index contributed by atoms with van der Waals surface area (Å²) in [7, 11) is 0. The quantitative estimate of drug-likeness (QED) is 0.744. The Morgan fingerprint density at radius 3 is 2.90 bits per heavy atom. The molecule has 1 aliphatic heterocycles. The Balaban J connectivity index is 2.01. The number of aliphatic hydroxyl groups is 1. The maximum absolute atomic E-state index is 12.1. The van der Waals surface area contributed by atoms with E-state index < -0.39 is 6.29 Å². The van der Waals surface area contributed by atoms with E-state index in [0.717, 1.165) is 25.7 Å². The highest BCUT2D eigenvalue weighted by molar-refractivity contribution is 5.92. The number of amides is 1. The van der Waals surface area contributed by atoms with E-state index in [1.807, 2.05) is 13.0 Å². The topological polar surface area (TPSA) is 67.8 Å². The van der Waals surface area contributed by atoms with Gasteiger partial charge in [-0.2, -0.15) is 0 Å². The van der Waals surface area contributed by atoms with Gasteiger partial charge in [0.1, 0.15) is 0 Å². The molecule has 0 aromatic heterocycles. The third kappa shape index (κ3) is 3.96. The predicted molar refractivity (Wildman–Crippen MR) is 74.7 cm³/mol. The molecule has 0 spiro atoms. The Hall–Kier alpha value is -1.07. The summed E-state index contributed by atoms with van der Waals surface area (Å²) in [6, 6.07) is 0.319. The Morgan fingerprint density at radius 1 is 1.55 bits per heavy atom. The first-order chi connectivity index (χ1) is 9.65. The van der Waals surface area contributed by atoms with E-state index in [1.54, 1.807) is 0 Å². The second-order valence-corrected chi connectivity index (χ2v) is 5.61. The number of carbonyl (C=O) groups is 1. The molecule has 20 heavy (non-hydrogen) atoms. The van der Waals surface area contributed by atoms with Gasteiger partial charge in [-0.25, -0.2) is 0 Å². The van der Waals surface area contributed by atoms with Crippen LogP contribution in [0.2, 0.25) is 0 Å². The molecule has 1 saturated carbocycles. The van der Waals surface area contributed by atoms with E-state index >= 15 is 0 Å². The molecule has 0 aromatic rings. The van der Waals surface area contributed by atoms with Crippen LogP contribution in [0.25, 0.3) is 0 Å². The van der Waals surface area contributed by atoms with Crippen molar-refractivity contribution in [1.82, 2.24) is 5.32 Å². The largest absolute Gasteiger partial charge is 0.459 e. The van der Waals surface area contributed by atoms with Gasteiger partial charge in [-0.15, -0.1) is 0 Å². The number of allylic oxidation sites excluding steroid dienone is 1. The summed E-state index contributed by atoms with van der Waals surface area (Å²) in [6.07, 6.45) is 5.16. The van der Waals surface area contributed by atoms with Crippen molar-refractivity contribution in [1.29, 1.82) is 0 Å². The lowest BCUT2D eigenvalue weighted by Gasteiger charge is -2.35. The molecule has 1 heterocycles. The molecule has 1 aliphatic carbocycles. The summed E-state index contributed by atoms with van der Waals surface area (Å²) < 4.78 is 11.4. The lowest BCUT2D eigenvalue weighted by Crippen LogP contribution is -2.39. The van der Waals surface area contributed by atoms with Crippen molar-refractivity contribution >= 4 is 5.91 Å². The molecular formula is C15H25NO4. The van der Waals surface area contributed by atoms with E-state index in [-0.39, 0.29) is 24.3 Å². The first-order valence-electron chi connectivity index (χ1n) is 7.57. The smallest absolute Gasteiger partial charge is 0.286 e. The van der Waals surface area contributed by atoms with Gasteiger partial charge in [0, 0.05) is 25.2 Å². The summed E-state index contributed by atoms with van der Waals surface area (Å²) in [4.78, 5) is 12.1. The average Bonchev–Trinajstić information content (AvgIpc) is 3.22. The molecule has 0 unspecified atom stereocenters. The second-order valence-electron chi connectivity index (χ2n) is 5.61. The zero-order valence-corrected chi connectivity index (χ0v) is 12.3. The number of hydrogen-bond acceptors (Lipinski definition) is 4. The van der Waals surface area contributed by atoms with Crippen LogP contribution in [-0.2, 0) is 14.3 Å². The van der Waals surface area contributed by atoms with Crippen molar-refractivity contribution in [3.63, 3.8) is 0 Å².